The number of aliphatic hydroxyl groups is 1. The van der Waals surface area contributed by atoms with Gasteiger partial charge in [-0.15, -0.1) is 0 Å². The summed E-state index contributed by atoms with van der Waals surface area (Å²) in [5.41, 5.74) is 2.26. The van der Waals surface area contributed by atoms with Crippen molar-refractivity contribution < 1.29 is 14.7 Å². The van der Waals surface area contributed by atoms with Crippen LogP contribution >= 0.6 is 0 Å². The Hall–Kier alpha value is -2.34. The number of benzene rings is 1. The molecular formula is C18H23N3O3. The zero-order valence-corrected chi connectivity index (χ0v) is 14.2. The van der Waals surface area contributed by atoms with Crippen molar-refractivity contribution in [2.24, 2.45) is 5.92 Å². The molecule has 2 N–H and O–H groups in total. The normalized spacial score (nSPS) is 23.2. The van der Waals surface area contributed by atoms with Crippen LogP contribution < -0.4 is 5.32 Å². The van der Waals surface area contributed by atoms with Gasteiger partial charge >= 0.3 is 6.03 Å². The number of nitrogens with zero attached hydrogens (tertiary/aromatic N) is 2. The van der Waals surface area contributed by atoms with Gasteiger partial charge in [-0.25, -0.2) is 4.79 Å². The van der Waals surface area contributed by atoms with Crippen LogP contribution in [0.25, 0.3) is 0 Å². The summed E-state index contributed by atoms with van der Waals surface area (Å²) in [6, 6.07) is 8.78. The van der Waals surface area contributed by atoms with E-state index >= 15 is 0 Å². The van der Waals surface area contributed by atoms with Crippen LogP contribution in [0.15, 0.2) is 41.6 Å². The number of carbonyl (C=O) groups excluding carboxylic acids is 2. The summed E-state index contributed by atoms with van der Waals surface area (Å²) in [5.74, 6) is -0.0991. The fourth-order valence-electron chi connectivity index (χ4n) is 3.27. The molecule has 0 radical (unpaired) electrons. The largest absolute Gasteiger partial charge is 0.396 e. The maximum Gasteiger partial charge on any atom is 0.322 e. The number of nitrogens with one attached hydrogen (secondary N) is 1. The molecular weight excluding hydrogens is 306 g/mol. The van der Waals surface area contributed by atoms with Crippen molar-refractivity contribution in [1.82, 2.24) is 15.1 Å². The Morgan fingerprint density at radius 1 is 1.25 bits per heavy atom. The minimum Gasteiger partial charge on any atom is -0.396 e. The molecule has 0 fully saturated rings. The minimum atomic E-state index is -0.431. The Bertz CT molecular complexity index is 686. The van der Waals surface area contributed by atoms with Gasteiger partial charge in [0.25, 0.3) is 5.91 Å². The first kappa shape index (κ1) is 16.5. The molecule has 2 aliphatic rings. The number of likely N-dealkylation sites (N-methyl/N-ethyl adjacent to an activating group) is 1. The lowest BCUT2D eigenvalue weighted by molar-refractivity contribution is -0.128. The van der Waals surface area contributed by atoms with Gasteiger partial charge in [0.05, 0.1) is 23.9 Å². The molecule has 128 valence electrons. The maximum atomic E-state index is 13.0. The Balaban J connectivity index is 1.98. The van der Waals surface area contributed by atoms with Crippen molar-refractivity contribution in [1.29, 1.82) is 0 Å². The Labute approximate surface area is 141 Å². The standard InChI is InChI=1S/C18H23N3O3/c1-11(10-22)12(2)21-9-14-15(17(21)23)16(19-18(24)20(14)3)13-7-5-4-6-8-13/h4-8,11-12,16,22H,9-10H2,1-3H3,(H,19,24)/t11-,12-,16+/m1/s1. The average molecular weight is 329 g/mol. The van der Waals surface area contributed by atoms with Crippen molar-refractivity contribution in [3.8, 4) is 0 Å². The fraction of sp³-hybridized carbons (Fsp3) is 0.444. The van der Waals surface area contributed by atoms with Crippen molar-refractivity contribution in [3.05, 3.63) is 47.2 Å². The Morgan fingerprint density at radius 2 is 1.92 bits per heavy atom. The first-order valence-electron chi connectivity index (χ1n) is 8.19. The molecule has 1 aromatic rings. The van der Waals surface area contributed by atoms with E-state index < -0.39 is 6.04 Å². The van der Waals surface area contributed by atoms with Gasteiger partial charge in [0, 0.05) is 19.7 Å². The van der Waals surface area contributed by atoms with E-state index in [9.17, 15) is 14.7 Å². The second-order valence-electron chi connectivity index (χ2n) is 6.55. The molecule has 3 atom stereocenters. The minimum absolute atomic E-state index is 0.0186. The number of aliphatic hydroxyl groups excluding tert-OH is 1. The molecule has 0 spiro atoms. The summed E-state index contributed by atoms with van der Waals surface area (Å²) in [6.07, 6.45) is 0. The van der Waals surface area contributed by atoms with E-state index in [4.69, 9.17) is 0 Å². The van der Waals surface area contributed by atoms with Crippen LogP contribution in [0.5, 0.6) is 0 Å². The summed E-state index contributed by atoms with van der Waals surface area (Å²) in [6.45, 7) is 4.26. The first-order valence-corrected chi connectivity index (χ1v) is 8.19. The third-order valence-corrected chi connectivity index (χ3v) is 5.12. The second kappa shape index (κ2) is 6.28. The van der Waals surface area contributed by atoms with Gasteiger partial charge in [-0.05, 0) is 18.4 Å². The molecule has 24 heavy (non-hydrogen) atoms. The highest BCUT2D eigenvalue weighted by Gasteiger charge is 2.44. The molecule has 0 aliphatic carbocycles. The molecule has 0 saturated heterocycles. The third-order valence-electron chi connectivity index (χ3n) is 5.12. The SMILES string of the molecule is C[C@H](CO)[C@@H](C)N1CC2=C(C1=O)[C@H](c1ccccc1)NC(=O)N2C. The van der Waals surface area contributed by atoms with Crippen LogP contribution in [0.2, 0.25) is 0 Å². The molecule has 0 aromatic heterocycles. The highest BCUT2D eigenvalue weighted by Crippen LogP contribution is 2.36. The quantitative estimate of drug-likeness (QED) is 0.879. The number of rotatable bonds is 4. The van der Waals surface area contributed by atoms with Gasteiger partial charge in [0.15, 0.2) is 0 Å². The Kier molecular flexibility index (Phi) is 4.32. The van der Waals surface area contributed by atoms with E-state index in [-0.39, 0.29) is 30.5 Å². The van der Waals surface area contributed by atoms with Crippen LogP contribution in [0.3, 0.4) is 0 Å². The van der Waals surface area contributed by atoms with Crippen LogP contribution in [-0.4, -0.2) is 53.1 Å². The average Bonchev–Trinajstić information content (AvgIpc) is 2.95. The van der Waals surface area contributed by atoms with Crippen LogP contribution in [0.1, 0.15) is 25.5 Å². The predicted octanol–water partition coefficient (Wildman–Crippen LogP) is 1.50. The van der Waals surface area contributed by atoms with Crippen molar-refractivity contribution >= 4 is 11.9 Å². The van der Waals surface area contributed by atoms with E-state index in [1.165, 1.54) is 4.90 Å². The zero-order valence-electron chi connectivity index (χ0n) is 14.2. The highest BCUT2D eigenvalue weighted by molar-refractivity contribution is 6.01. The predicted molar refractivity (Wildman–Crippen MR) is 89.9 cm³/mol. The second-order valence-corrected chi connectivity index (χ2v) is 6.55. The third kappa shape index (κ3) is 2.57. The maximum absolute atomic E-state index is 13.0. The van der Waals surface area contributed by atoms with Gasteiger partial charge in [-0.2, -0.15) is 0 Å². The number of carbonyl (C=O) groups is 2. The number of urea groups is 1. The molecule has 6 nitrogen and oxygen atoms in total. The van der Waals surface area contributed by atoms with Crippen molar-refractivity contribution in [3.63, 3.8) is 0 Å². The van der Waals surface area contributed by atoms with Crippen molar-refractivity contribution in [2.45, 2.75) is 25.9 Å². The molecule has 0 saturated carbocycles. The van der Waals surface area contributed by atoms with E-state index in [0.717, 1.165) is 11.3 Å². The lowest BCUT2D eigenvalue weighted by atomic mass is 9.95. The van der Waals surface area contributed by atoms with Gasteiger partial charge in [-0.3, -0.25) is 9.69 Å². The summed E-state index contributed by atoms with van der Waals surface area (Å²) in [5, 5.41) is 12.3. The lowest BCUT2D eigenvalue weighted by Crippen LogP contribution is -2.45. The van der Waals surface area contributed by atoms with E-state index in [1.807, 2.05) is 44.2 Å². The first-order chi connectivity index (χ1) is 11.5. The van der Waals surface area contributed by atoms with Crippen molar-refractivity contribution in [2.75, 3.05) is 20.2 Å². The zero-order chi connectivity index (χ0) is 17.4. The molecule has 2 heterocycles. The Morgan fingerprint density at radius 3 is 2.54 bits per heavy atom. The molecule has 0 unspecified atom stereocenters. The summed E-state index contributed by atoms with van der Waals surface area (Å²) >= 11 is 0. The smallest absolute Gasteiger partial charge is 0.322 e. The van der Waals surface area contributed by atoms with Gasteiger partial charge in [-0.1, -0.05) is 37.3 Å². The van der Waals surface area contributed by atoms with Crippen LogP contribution in [-0.2, 0) is 4.79 Å². The summed E-state index contributed by atoms with van der Waals surface area (Å²) in [4.78, 5) is 28.6. The summed E-state index contributed by atoms with van der Waals surface area (Å²) in [7, 11) is 1.68. The van der Waals surface area contributed by atoms with Gasteiger partial charge in [0.2, 0.25) is 0 Å². The molecule has 0 bridgehead atoms. The molecule has 2 aliphatic heterocycles. The van der Waals surface area contributed by atoms with E-state index in [2.05, 4.69) is 5.32 Å². The number of hydrogen-bond donors (Lipinski definition) is 2. The monoisotopic (exact) mass is 329 g/mol. The molecule has 3 rings (SSSR count). The summed E-state index contributed by atoms with van der Waals surface area (Å²) < 4.78 is 0. The van der Waals surface area contributed by atoms with E-state index in [1.54, 1.807) is 11.9 Å². The van der Waals surface area contributed by atoms with Crippen LogP contribution in [0.4, 0.5) is 4.79 Å². The molecule has 1 aromatic carbocycles. The van der Waals surface area contributed by atoms with Gasteiger partial charge < -0.3 is 15.3 Å². The highest BCUT2D eigenvalue weighted by atomic mass is 16.3. The lowest BCUT2D eigenvalue weighted by Gasteiger charge is -2.31. The van der Waals surface area contributed by atoms with Crippen LogP contribution in [0, 0.1) is 5.92 Å². The number of hydrogen-bond acceptors (Lipinski definition) is 3. The fourth-order valence-corrected chi connectivity index (χ4v) is 3.27. The van der Waals surface area contributed by atoms with Gasteiger partial charge in [0.1, 0.15) is 0 Å². The molecule has 3 amide bonds. The van der Waals surface area contributed by atoms with E-state index in [0.29, 0.717) is 12.1 Å². The topological polar surface area (TPSA) is 72.9 Å². The number of amides is 3. The molecule has 6 heteroatoms.